The van der Waals surface area contributed by atoms with Crippen molar-refractivity contribution in [1.29, 1.82) is 0 Å². The van der Waals surface area contributed by atoms with Gasteiger partial charge in [-0.2, -0.15) is 0 Å². The van der Waals surface area contributed by atoms with Gasteiger partial charge in [-0.15, -0.1) is 0 Å². The first-order chi connectivity index (χ1) is 16.0. The van der Waals surface area contributed by atoms with Gasteiger partial charge in [0.1, 0.15) is 5.75 Å². The number of nitrogens with zero attached hydrogens (tertiary/aromatic N) is 2. The average Bonchev–Trinajstić information content (AvgIpc) is 3.09. The number of hydrogen-bond acceptors (Lipinski definition) is 4. The van der Waals surface area contributed by atoms with Gasteiger partial charge in [0.05, 0.1) is 23.7 Å². The van der Waals surface area contributed by atoms with E-state index in [-0.39, 0.29) is 5.91 Å². The van der Waals surface area contributed by atoms with E-state index in [1.165, 1.54) is 17.3 Å². The van der Waals surface area contributed by atoms with E-state index in [0.29, 0.717) is 29.1 Å². The number of rotatable bonds is 7. The maximum absolute atomic E-state index is 13.3. The Labute approximate surface area is 200 Å². The largest absolute Gasteiger partial charge is 0.493 e. The van der Waals surface area contributed by atoms with Crippen LogP contribution in [0.2, 0.25) is 0 Å². The third kappa shape index (κ3) is 6.14. The molecule has 1 aliphatic rings. The third-order valence-corrected chi connectivity index (χ3v) is 6.10. The van der Waals surface area contributed by atoms with Gasteiger partial charge < -0.3 is 4.74 Å². The second-order valence-corrected chi connectivity index (χ2v) is 9.50. The predicted molar refractivity (Wildman–Crippen MR) is 138 cm³/mol. The van der Waals surface area contributed by atoms with Gasteiger partial charge >= 0.3 is 0 Å². The number of carbonyl (C=O) groups excluding carboxylic acids is 1. The van der Waals surface area contributed by atoms with E-state index in [1.807, 2.05) is 91.9 Å². The van der Waals surface area contributed by atoms with Crippen LogP contribution in [0.5, 0.6) is 5.75 Å². The molecule has 0 saturated carbocycles. The van der Waals surface area contributed by atoms with Crippen molar-refractivity contribution in [3.8, 4) is 5.75 Å². The summed E-state index contributed by atoms with van der Waals surface area (Å²) in [5.74, 6) is 1.28. The van der Waals surface area contributed by atoms with Crippen molar-refractivity contribution in [2.75, 3.05) is 6.61 Å². The van der Waals surface area contributed by atoms with Gasteiger partial charge in [-0.25, -0.2) is 4.99 Å². The van der Waals surface area contributed by atoms with Crippen LogP contribution in [0, 0.1) is 12.8 Å². The Morgan fingerprint density at radius 1 is 0.970 bits per heavy atom. The highest BCUT2D eigenvalue weighted by Gasteiger charge is 2.33. The van der Waals surface area contributed by atoms with Crippen molar-refractivity contribution < 1.29 is 9.53 Å². The highest BCUT2D eigenvalue weighted by Crippen LogP contribution is 2.35. The quantitative estimate of drug-likeness (QED) is 0.366. The van der Waals surface area contributed by atoms with E-state index < -0.39 is 0 Å². The van der Waals surface area contributed by atoms with E-state index in [4.69, 9.17) is 9.73 Å². The Balaban J connectivity index is 1.60. The summed E-state index contributed by atoms with van der Waals surface area (Å²) in [5.41, 5.74) is 4.04. The fourth-order valence-electron chi connectivity index (χ4n) is 3.30. The highest BCUT2D eigenvalue weighted by atomic mass is 32.2. The average molecular weight is 457 g/mol. The number of amides is 1. The number of carbonyl (C=O) groups is 1. The van der Waals surface area contributed by atoms with Gasteiger partial charge in [-0.3, -0.25) is 9.69 Å². The fourth-order valence-corrected chi connectivity index (χ4v) is 4.30. The van der Waals surface area contributed by atoms with Crippen molar-refractivity contribution in [3.05, 3.63) is 100 Å². The Kier molecular flexibility index (Phi) is 7.30. The van der Waals surface area contributed by atoms with Gasteiger partial charge in [-0.1, -0.05) is 74.0 Å². The molecule has 1 fully saturated rings. The number of aryl methyl sites for hydroxylation is 1. The standard InChI is InChI=1S/C28H28N2O2S/c1-20(2)19-32-25-15-11-22(12-16-25)17-26-27(31)30(18-23-7-5-4-6-8-23)28(33-26)29-24-13-9-21(3)10-14-24/h4-17,20H,18-19H2,1-3H3/b26-17+,29-28?. The number of amidine groups is 1. The molecule has 0 unspecified atom stereocenters. The Morgan fingerprint density at radius 3 is 2.33 bits per heavy atom. The molecule has 4 rings (SSSR count). The topological polar surface area (TPSA) is 41.9 Å². The Bertz CT molecular complexity index is 1150. The second kappa shape index (κ2) is 10.5. The fraction of sp³-hybridized carbons (Fsp3) is 0.214. The van der Waals surface area contributed by atoms with Crippen LogP contribution in [0.3, 0.4) is 0 Å². The van der Waals surface area contributed by atoms with Crippen LogP contribution >= 0.6 is 11.8 Å². The van der Waals surface area contributed by atoms with Gasteiger partial charge in [-0.05, 0) is 66.1 Å². The molecule has 1 heterocycles. The number of hydrogen-bond donors (Lipinski definition) is 0. The Morgan fingerprint density at radius 2 is 1.67 bits per heavy atom. The molecular weight excluding hydrogens is 428 g/mol. The molecule has 0 radical (unpaired) electrons. The molecule has 3 aromatic carbocycles. The molecule has 33 heavy (non-hydrogen) atoms. The number of thioether (sulfide) groups is 1. The molecule has 0 bridgehead atoms. The van der Waals surface area contributed by atoms with Gasteiger partial charge in [0.25, 0.3) is 5.91 Å². The summed E-state index contributed by atoms with van der Waals surface area (Å²) < 4.78 is 5.77. The summed E-state index contributed by atoms with van der Waals surface area (Å²) in [6, 6.07) is 25.9. The summed E-state index contributed by atoms with van der Waals surface area (Å²) in [6.07, 6.45) is 1.93. The van der Waals surface area contributed by atoms with Crippen LogP contribution < -0.4 is 4.74 Å². The molecular formula is C28H28N2O2S. The maximum Gasteiger partial charge on any atom is 0.267 e. The van der Waals surface area contributed by atoms with Crippen molar-refractivity contribution in [2.45, 2.75) is 27.3 Å². The summed E-state index contributed by atoms with van der Waals surface area (Å²) in [7, 11) is 0. The molecule has 0 spiro atoms. The number of benzene rings is 3. The van der Waals surface area contributed by atoms with Crippen LogP contribution in [-0.2, 0) is 11.3 Å². The normalized spacial score (nSPS) is 16.2. The highest BCUT2D eigenvalue weighted by molar-refractivity contribution is 8.18. The molecule has 0 N–H and O–H groups in total. The summed E-state index contributed by atoms with van der Waals surface area (Å²) in [4.78, 5) is 20.6. The van der Waals surface area contributed by atoms with E-state index in [9.17, 15) is 4.79 Å². The smallest absolute Gasteiger partial charge is 0.267 e. The van der Waals surface area contributed by atoms with Crippen molar-refractivity contribution in [3.63, 3.8) is 0 Å². The van der Waals surface area contributed by atoms with Crippen LogP contribution in [0.1, 0.15) is 30.5 Å². The van der Waals surface area contributed by atoms with Crippen LogP contribution in [0.25, 0.3) is 6.08 Å². The number of aliphatic imine (C=N–C) groups is 1. The molecule has 1 amide bonds. The molecule has 3 aromatic rings. The molecule has 0 atom stereocenters. The zero-order valence-corrected chi connectivity index (χ0v) is 20.0. The van der Waals surface area contributed by atoms with Crippen LogP contribution in [-0.4, -0.2) is 22.6 Å². The third-order valence-electron chi connectivity index (χ3n) is 5.09. The minimum absolute atomic E-state index is 0.0325. The molecule has 0 aliphatic carbocycles. The Hall–Kier alpha value is -3.31. The first-order valence-corrected chi connectivity index (χ1v) is 11.9. The van der Waals surface area contributed by atoms with Crippen LogP contribution in [0.4, 0.5) is 5.69 Å². The molecule has 1 saturated heterocycles. The molecule has 0 aromatic heterocycles. The predicted octanol–water partition coefficient (Wildman–Crippen LogP) is 6.83. The van der Waals surface area contributed by atoms with Crippen molar-refractivity contribution >= 4 is 34.6 Å². The van der Waals surface area contributed by atoms with Crippen LogP contribution in [0.15, 0.2) is 88.8 Å². The van der Waals surface area contributed by atoms with Crippen molar-refractivity contribution in [2.24, 2.45) is 10.9 Å². The van der Waals surface area contributed by atoms with Gasteiger partial charge in [0, 0.05) is 0 Å². The van der Waals surface area contributed by atoms with Gasteiger partial charge in [0.2, 0.25) is 0 Å². The summed E-state index contributed by atoms with van der Waals surface area (Å²) in [6.45, 7) is 7.46. The second-order valence-electron chi connectivity index (χ2n) is 8.49. The lowest BCUT2D eigenvalue weighted by molar-refractivity contribution is -0.122. The molecule has 4 nitrogen and oxygen atoms in total. The zero-order valence-electron chi connectivity index (χ0n) is 19.2. The monoisotopic (exact) mass is 456 g/mol. The SMILES string of the molecule is Cc1ccc(N=C2S/C(=C/c3ccc(OCC(C)C)cc3)C(=O)N2Cc2ccccc2)cc1. The van der Waals surface area contributed by atoms with Gasteiger partial charge in [0.15, 0.2) is 5.17 Å². The lowest BCUT2D eigenvalue weighted by Gasteiger charge is -2.15. The zero-order chi connectivity index (χ0) is 23.2. The van der Waals surface area contributed by atoms with E-state index in [1.54, 1.807) is 4.90 Å². The molecule has 5 heteroatoms. The summed E-state index contributed by atoms with van der Waals surface area (Å²) >= 11 is 1.41. The molecule has 1 aliphatic heterocycles. The minimum atomic E-state index is -0.0325. The van der Waals surface area contributed by atoms with E-state index in [0.717, 1.165) is 22.6 Å². The first kappa shape index (κ1) is 22.9. The lowest BCUT2D eigenvalue weighted by Crippen LogP contribution is -2.28. The minimum Gasteiger partial charge on any atom is -0.493 e. The van der Waals surface area contributed by atoms with Crippen molar-refractivity contribution in [1.82, 2.24) is 4.90 Å². The number of ether oxygens (including phenoxy) is 1. The first-order valence-electron chi connectivity index (χ1n) is 11.1. The maximum atomic E-state index is 13.3. The summed E-state index contributed by atoms with van der Waals surface area (Å²) in [5, 5.41) is 0.691. The lowest BCUT2D eigenvalue weighted by atomic mass is 10.2. The van der Waals surface area contributed by atoms with E-state index in [2.05, 4.69) is 13.8 Å². The molecule has 168 valence electrons. The van der Waals surface area contributed by atoms with E-state index >= 15 is 0 Å².